The van der Waals surface area contributed by atoms with Gasteiger partial charge in [-0.1, -0.05) is 17.7 Å². The standard InChI is InChI=1S/C10H10ClN3S/c1-6-4-7(2-3-8(6)11)9-5-15-10(13-9)14-12/h2-5H,12H2,1H3,(H,13,14). The first-order chi connectivity index (χ1) is 7.20. The zero-order valence-corrected chi connectivity index (χ0v) is 9.69. The number of rotatable bonds is 2. The van der Waals surface area contributed by atoms with Crippen molar-refractivity contribution in [2.45, 2.75) is 6.92 Å². The lowest BCUT2D eigenvalue weighted by Crippen LogP contribution is -2.05. The molecule has 3 nitrogen and oxygen atoms in total. The van der Waals surface area contributed by atoms with Crippen LogP contribution in [-0.2, 0) is 0 Å². The van der Waals surface area contributed by atoms with Crippen molar-refractivity contribution >= 4 is 28.1 Å². The molecule has 1 aromatic carbocycles. The van der Waals surface area contributed by atoms with Gasteiger partial charge in [-0.2, -0.15) is 0 Å². The first-order valence-corrected chi connectivity index (χ1v) is 5.65. The number of hydrogen-bond acceptors (Lipinski definition) is 4. The molecule has 5 heteroatoms. The predicted octanol–water partition coefficient (Wildman–Crippen LogP) is 3.06. The van der Waals surface area contributed by atoms with Crippen LogP contribution in [0.4, 0.5) is 5.13 Å². The summed E-state index contributed by atoms with van der Waals surface area (Å²) in [6.45, 7) is 1.97. The molecule has 1 heterocycles. The van der Waals surface area contributed by atoms with Crippen molar-refractivity contribution in [2.75, 3.05) is 5.43 Å². The number of nitrogens with two attached hydrogens (primary N) is 1. The van der Waals surface area contributed by atoms with Crippen LogP contribution in [0.5, 0.6) is 0 Å². The lowest BCUT2D eigenvalue weighted by atomic mass is 10.1. The number of aryl methyl sites for hydroxylation is 1. The molecule has 3 N–H and O–H groups in total. The zero-order valence-electron chi connectivity index (χ0n) is 8.12. The van der Waals surface area contributed by atoms with Gasteiger partial charge in [0.05, 0.1) is 5.69 Å². The molecule has 0 aliphatic heterocycles. The Morgan fingerprint density at radius 3 is 2.87 bits per heavy atom. The van der Waals surface area contributed by atoms with E-state index in [9.17, 15) is 0 Å². The first kappa shape index (κ1) is 10.4. The summed E-state index contributed by atoms with van der Waals surface area (Å²) >= 11 is 7.42. The van der Waals surface area contributed by atoms with Crippen molar-refractivity contribution in [1.29, 1.82) is 0 Å². The van der Waals surface area contributed by atoms with Crippen LogP contribution in [0.2, 0.25) is 5.02 Å². The maximum Gasteiger partial charge on any atom is 0.197 e. The van der Waals surface area contributed by atoms with Gasteiger partial charge in [-0.15, -0.1) is 11.3 Å². The fourth-order valence-corrected chi connectivity index (χ4v) is 2.03. The van der Waals surface area contributed by atoms with Gasteiger partial charge in [-0.05, 0) is 24.6 Å². The van der Waals surface area contributed by atoms with Gasteiger partial charge in [-0.25, -0.2) is 10.8 Å². The highest BCUT2D eigenvalue weighted by atomic mass is 35.5. The highest BCUT2D eigenvalue weighted by Gasteiger charge is 2.04. The van der Waals surface area contributed by atoms with Crippen molar-refractivity contribution in [3.05, 3.63) is 34.2 Å². The topological polar surface area (TPSA) is 50.9 Å². The molecule has 0 saturated heterocycles. The number of nitrogen functional groups attached to an aromatic ring is 1. The summed E-state index contributed by atoms with van der Waals surface area (Å²) in [5, 5.41) is 3.43. The molecule has 0 spiro atoms. The Labute approximate surface area is 96.9 Å². The maximum atomic E-state index is 5.95. The normalized spacial score (nSPS) is 10.3. The Kier molecular flexibility index (Phi) is 2.90. The lowest BCUT2D eigenvalue weighted by Gasteiger charge is -2.00. The minimum Gasteiger partial charge on any atom is -0.300 e. The second-order valence-electron chi connectivity index (χ2n) is 3.15. The van der Waals surface area contributed by atoms with E-state index in [2.05, 4.69) is 10.4 Å². The molecule has 1 aromatic heterocycles. The van der Waals surface area contributed by atoms with Crippen LogP contribution < -0.4 is 11.3 Å². The van der Waals surface area contributed by atoms with Gasteiger partial charge in [-0.3, -0.25) is 5.43 Å². The Hall–Kier alpha value is -1.10. The molecule has 0 radical (unpaired) electrons. The molecule has 0 bridgehead atoms. The van der Waals surface area contributed by atoms with Crippen LogP contribution in [0.1, 0.15) is 5.56 Å². The molecule has 0 fully saturated rings. The molecule has 78 valence electrons. The van der Waals surface area contributed by atoms with Gasteiger partial charge in [0.1, 0.15) is 0 Å². The number of thiazole rings is 1. The van der Waals surface area contributed by atoms with Crippen LogP contribution in [0.3, 0.4) is 0 Å². The third-order valence-electron chi connectivity index (χ3n) is 2.08. The highest BCUT2D eigenvalue weighted by Crippen LogP contribution is 2.27. The van der Waals surface area contributed by atoms with Crippen molar-refractivity contribution in [3.8, 4) is 11.3 Å². The molecular weight excluding hydrogens is 230 g/mol. The molecule has 0 unspecified atom stereocenters. The third-order valence-corrected chi connectivity index (χ3v) is 3.28. The molecule has 0 atom stereocenters. The van der Waals surface area contributed by atoms with Crippen molar-refractivity contribution in [3.63, 3.8) is 0 Å². The quantitative estimate of drug-likeness (QED) is 0.626. The Morgan fingerprint density at radius 2 is 2.27 bits per heavy atom. The van der Waals surface area contributed by atoms with E-state index >= 15 is 0 Å². The molecule has 2 aromatic rings. The zero-order chi connectivity index (χ0) is 10.8. The number of nitrogens with one attached hydrogen (secondary N) is 1. The van der Waals surface area contributed by atoms with Gasteiger partial charge < -0.3 is 0 Å². The van der Waals surface area contributed by atoms with Crippen LogP contribution >= 0.6 is 22.9 Å². The number of benzene rings is 1. The van der Waals surface area contributed by atoms with Crippen LogP contribution in [0.25, 0.3) is 11.3 Å². The fourth-order valence-electron chi connectivity index (χ4n) is 1.28. The van der Waals surface area contributed by atoms with Crippen molar-refractivity contribution in [1.82, 2.24) is 4.98 Å². The molecule has 0 saturated carbocycles. The van der Waals surface area contributed by atoms with E-state index in [0.717, 1.165) is 21.8 Å². The second-order valence-corrected chi connectivity index (χ2v) is 4.41. The number of hydrogen-bond donors (Lipinski definition) is 2. The molecule has 0 aliphatic rings. The average molecular weight is 240 g/mol. The van der Waals surface area contributed by atoms with Gasteiger partial charge in [0.15, 0.2) is 5.13 Å². The number of nitrogens with zero attached hydrogens (tertiary/aromatic N) is 1. The summed E-state index contributed by atoms with van der Waals surface area (Å²) in [7, 11) is 0. The van der Waals surface area contributed by atoms with Gasteiger partial charge in [0.25, 0.3) is 0 Å². The van der Waals surface area contributed by atoms with Gasteiger partial charge >= 0.3 is 0 Å². The predicted molar refractivity (Wildman–Crippen MR) is 65.1 cm³/mol. The van der Waals surface area contributed by atoms with Gasteiger partial charge in [0.2, 0.25) is 0 Å². The van der Waals surface area contributed by atoms with Crippen molar-refractivity contribution < 1.29 is 0 Å². The molecule has 15 heavy (non-hydrogen) atoms. The number of aromatic nitrogens is 1. The van der Waals surface area contributed by atoms with Gasteiger partial charge in [0, 0.05) is 16.0 Å². The van der Waals surface area contributed by atoms with Crippen molar-refractivity contribution in [2.24, 2.45) is 5.84 Å². The number of hydrazine groups is 1. The minimum atomic E-state index is 0.706. The second kappa shape index (κ2) is 4.18. The molecule has 0 aliphatic carbocycles. The Bertz CT molecular complexity index is 481. The van der Waals surface area contributed by atoms with E-state index in [1.807, 2.05) is 30.5 Å². The molecule has 2 rings (SSSR count). The van der Waals surface area contributed by atoms with Crippen LogP contribution in [0.15, 0.2) is 23.6 Å². The smallest absolute Gasteiger partial charge is 0.197 e. The summed E-state index contributed by atoms with van der Waals surface area (Å²) in [6, 6.07) is 5.84. The number of halogens is 1. The first-order valence-electron chi connectivity index (χ1n) is 4.39. The van der Waals surface area contributed by atoms with E-state index in [-0.39, 0.29) is 0 Å². The minimum absolute atomic E-state index is 0.706. The summed E-state index contributed by atoms with van der Waals surface area (Å²) in [5.41, 5.74) is 5.53. The van der Waals surface area contributed by atoms with Crippen LogP contribution in [-0.4, -0.2) is 4.98 Å². The third kappa shape index (κ3) is 2.12. The summed E-state index contributed by atoms with van der Waals surface area (Å²) < 4.78 is 0. The van der Waals surface area contributed by atoms with Crippen LogP contribution in [0, 0.1) is 6.92 Å². The maximum absolute atomic E-state index is 5.95. The largest absolute Gasteiger partial charge is 0.300 e. The fraction of sp³-hybridized carbons (Fsp3) is 0.100. The Balaban J connectivity index is 2.40. The summed E-state index contributed by atoms with van der Waals surface area (Å²) in [5.74, 6) is 5.27. The SMILES string of the molecule is Cc1cc(-c2csc(NN)n2)ccc1Cl. The highest BCUT2D eigenvalue weighted by molar-refractivity contribution is 7.14. The van der Waals surface area contributed by atoms with E-state index in [1.165, 1.54) is 11.3 Å². The lowest BCUT2D eigenvalue weighted by molar-refractivity contribution is 1.29. The van der Waals surface area contributed by atoms with E-state index in [4.69, 9.17) is 17.4 Å². The average Bonchev–Trinajstić information content (AvgIpc) is 2.70. The van der Waals surface area contributed by atoms with E-state index in [0.29, 0.717) is 5.13 Å². The van der Waals surface area contributed by atoms with E-state index < -0.39 is 0 Å². The summed E-state index contributed by atoms with van der Waals surface area (Å²) in [6.07, 6.45) is 0. The number of anilines is 1. The van der Waals surface area contributed by atoms with E-state index in [1.54, 1.807) is 0 Å². The Morgan fingerprint density at radius 1 is 1.47 bits per heavy atom. The summed E-state index contributed by atoms with van der Waals surface area (Å²) in [4.78, 5) is 4.31. The molecule has 0 amide bonds. The molecular formula is C10H10ClN3S. The monoisotopic (exact) mass is 239 g/mol.